The molecule has 0 heterocycles. The number of nitrogens with one attached hydrogen (secondary N) is 1. The maximum atomic E-state index is 12.9. The van der Waals surface area contributed by atoms with E-state index in [4.69, 9.17) is 9.47 Å². The maximum Gasteiger partial charge on any atom is 0.261 e. The van der Waals surface area contributed by atoms with Crippen LogP contribution in [-0.4, -0.2) is 18.1 Å². The lowest BCUT2D eigenvalue weighted by molar-refractivity contribution is -0.128. The summed E-state index contributed by atoms with van der Waals surface area (Å²) in [4.78, 5) is 12.3. The van der Waals surface area contributed by atoms with E-state index in [1.165, 1.54) is 24.3 Å². The molecule has 2 aromatic carbocycles. The van der Waals surface area contributed by atoms with Crippen molar-refractivity contribution in [2.24, 2.45) is 0 Å². The van der Waals surface area contributed by atoms with Crippen molar-refractivity contribution >= 4 is 5.91 Å². The Labute approximate surface area is 148 Å². The van der Waals surface area contributed by atoms with Crippen LogP contribution in [0.3, 0.4) is 0 Å². The Bertz CT molecular complexity index is 668. The summed E-state index contributed by atoms with van der Waals surface area (Å²) in [7, 11) is 0. The van der Waals surface area contributed by atoms with E-state index in [-0.39, 0.29) is 17.8 Å². The summed E-state index contributed by atoms with van der Waals surface area (Å²) >= 11 is 0. The Morgan fingerprint density at radius 1 is 1.00 bits per heavy atom. The lowest BCUT2D eigenvalue weighted by Gasteiger charge is -2.17. The minimum absolute atomic E-state index is 0.125. The smallest absolute Gasteiger partial charge is 0.261 e. The molecule has 0 saturated carbocycles. The van der Waals surface area contributed by atoms with Crippen LogP contribution in [0.4, 0.5) is 4.39 Å². The summed E-state index contributed by atoms with van der Waals surface area (Å²) in [5.74, 6) is 0.735. The molecule has 134 valence electrons. The van der Waals surface area contributed by atoms with Gasteiger partial charge in [0.2, 0.25) is 0 Å². The Morgan fingerprint density at radius 2 is 1.56 bits per heavy atom. The SMILES string of the molecule is CCC(Oc1ccc(F)cc1)C(=O)NCc1ccc(OC(C)C)cc1. The Kier molecular flexibility index (Phi) is 6.81. The van der Waals surface area contributed by atoms with E-state index >= 15 is 0 Å². The molecular formula is C20H24FNO3. The topological polar surface area (TPSA) is 47.6 Å². The Morgan fingerprint density at radius 3 is 2.12 bits per heavy atom. The largest absolute Gasteiger partial charge is 0.491 e. The average Bonchev–Trinajstić information content (AvgIpc) is 2.60. The highest BCUT2D eigenvalue weighted by atomic mass is 19.1. The number of ether oxygens (including phenoxy) is 2. The minimum atomic E-state index is -0.617. The van der Waals surface area contributed by atoms with Crippen LogP contribution in [0.2, 0.25) is 0 Å². The minimum Gasteiger partial charge on any atom is -0.491 e. The molecule has 25 heavy (non-hydrogen) atoms. The molecule has 1 amide bonds. The predicted octanol–water partition coefficient (Wildman–Crippen LogP) is 4.09. The van der Waals surface area contributed by atoms with Crippen molar-refractivity contribution in [3.05, 3.63) is 59.9 Å². The molecule has 0 aliphatic rings. The van der Waals surface area contributed by atoms with E-state index < -0.39 is 6.10 Å². The fourth-order valence-corrected chi connectivity index (χ4v) is 2.26. The van der Waals surface area contributed by atoms with E-state index in [1.54, 1.807) is 0 Å². The standard InChI is InChI=1S/C20H24FNO3/c1-4-19(25-18-11-7-16(21)8-12-18)20(23)22-13-15-5-9-17(10-6-15)24-14(2)3/h5-12,14,19H,4,13H2,1-3H3,(H,22,23). The Balaban J connectivity index is 1.87. The molecular weight excluding hydrogens is 321 g/mol. The molecule has 2 rings (SSSR count). The van der Waals surface area contributed by atoms with Gasteiger partial charge in [-0.15, -0.1) is 0 Å². The fourth-order valence-electron chi connectivity index (χ4n) is 2.26. The van der Waals surface area contributed by atoms with Crippen molar-refractivity contribution in [2.45, 2.75) is 45.9 Å². The fraction of sp³-hybridized carbons (Fsp3) is 0.350. The van der Waals surface area contributed by atoms with Crippen LogP contribution in [0.1, 0.15) is 32.8 Å². The zero-order valence-electron chi connectivity index (χ0n) is 14.8. The van der Waals surface area contributed by atoms with Gasteiger partial charge in [0.25, 0.3) is 5.91 Å². The number of rotatable bonds is 8. The summed E-state index contributed by atoms with van der Waals surface area (Å²) < 4.78 is 24.2. The number of amides is 1. The molecule has 0 aliphatic carbocycles. The van der Waals surface area contributed by atoms with Gasteiger partial charge < -0.3 is 14.8 Å². The van der Waals surface area contributed by atoms with Crippen LogP contribution in [0.5, 0.6) is 11.5 Å². The number of carbonyl (C=O) groups excluding carboxylic acids is 1. The summed E-state index contributed by atoms with van der Waals surface area (Å²) in [5.41, 5.74) is 0.973. The van der Waals surface area contributed by atoms with Gasteiger partial charge in [0.1, 0.15) is 17.3 Å². The van der Waals surface area contributed by atoms with Gasteiger partial charge in [-0.2, -0.15) is 0 Å². The summed E-state index contributed by atoms with van der Waals surface area (Å²) in [5, 5.41) is 2.86. The van der Waals surface area contributed by atoms with Crippen molar-refractivity contribution in [3.63, 3.8) is 0 Å². The zero-order valence-corrected chi connectivity index (χ0v) is 14.8. The molecule has 0 aliphatic heterocycles. The first-order chi connectivity index (χ1) is 12.0. The van der Waals surface area contributed by atoms with Crippen LogP contribution < -0.4 is 14.8 Å². The highest BCUT2D eigenvalue weighted by molar-refractivity contribution is 5.81. The van der Waals surface area contributed by atoms with E-state index in [9.17, 15) is 9.18 Å². The molecule has 4 nitrogen and oxygen atoms in total. The van der Waals surface area contributed by atoms with Gasteiger partial charge >= 0.3 is 0 Å². The monoisotopic (exact) mass is 345 g/mol. The summed E-state index contributed by atoms with van der Waals surface area (Å²) in [6, 6.07) is 13.2. The van der Waals surface area contributed by atoms with E-state index in [2.05, 4.69) is 5.32 Å². The Hall–Kier alpha value is -2.56. The third kappa shape index (κ3) is 6.10. The zero-order chi connectivity index (χ0) is 18.2. The second-order valence-electron chi connectivity index (χ2n) is 6.00. The predicted molar refractivity (Wildman–Crippen MR) is 95.2 cm³/mol. The number of hydrogen-bond donors (Lipinski definition) is 1. The van der Waals surface area contributed by atoms with Crippen molar-refractivity contribution in [1.29, 1.82) is 0 Å². The molecule has 5 heteroatoms. The number of benzene rings is 2. The lowest BCUT2D eigenvalue weighted by Crippen LogP contribution is -2.37. The van der Waals surface area contributed by atoms with Crippen molar-refractivity contribution in [3.8, 4) is 11.5 Å². The molecule has 0 fully saturated rings. The lowest BCUT2D eigenvalue weighted by atomic mass is 10.2. The molecule has 1 atom stereocenters. The molecule has 0 radical (unpaired) electrons. The molecule has 1 unspecified atom stereocenters. The van der Waals surface area contributed by atoms with Gasteiger partial charge in [0.15, 0.2) is 6.10 Å². The third-order valence-corrected chi connectivity index (χ3v) is 3.52. The molecule has 0 saturated heterocycles. The van der Waals surface area contributed by atoms with Crippen molar-refractivity contribution in [1.82, 2.24) is 5.32 Å². The quantitative estimate of drug-likeness (QED) is 0.784. The van der Waals surface area contributed by atoms with Gasteiger partial charge in [-0.25, -0.2) is 4.39 Å². The van der Waals surface area contributed by atoms with Gasteiger partial charge in [0.05, 0.1) is 6.10 Å². The molecule has 0 spiro atoms. The maximum absolute atomic E-state index is 12.9. The first-order valence-corrected chi connectivity index (χ1v) is 8.43. The van der Waals surface area contributed by atoms with Gasteiger partial charge in [-0.05, 0) is 62.2 Å². The first kappa shape index (κ1) is 18.8. The molecule has 1 N–H and O–H groups in total. The van der Waals surface area contributed by atoms with Crippen molar-refractivity contribution < 1.29 is 18.7 Å². The summed E-state index contributed by atoms with van der Waals surface area (Å²) in [6.07, 6.45) is 0.0261. The highest BCUT2D eigenvalue weighted by Crippen LogP contribution is 2.16. The van der Waals surface area contributed by atoms with Gasteiger partial charge in [-0.3, -0.25) is 4.79 Å². The number of halogens is 1. The molecule has 0 bridgehead atoms. The highest BCUT2D eigenvalue weighted by Gasteiger charge is 2.18. The van der Waals surface area contributed by atoms with Crippen LogP contribution in [0, 0.1) is 5.82 Å². The summed E-state index contributed by atoms with van der Waals surface area (Å²) in [6.45, 7) is 6.22. The normalized spacial score (nSPS) is 11.9. The second kappa shape index (κ2) is 9.06. The second-order valence-corrected chi connectivity index (χ2v) is 6.00. The number of carbonyl (C=O) groups is 1. The molecule has 2 aromatic rings. The number of hydrogen-bond acceptors (Lipinski definition) is 3. The van der Waals surface area contributed by atoms with Crippen LogP contribution in [0.25, 0.3) is 0 Å². The van der Waals surface area contributed by atoms with Crippen LogP contribution in [-0.2, 0) is 11.3 Å². The van der Waals surface area contributed by atoms with E-state index in [0.29, 0.717) is 18.7 Å². The van der Waals surface area contributed by atoms with Gasteiger partial charge in [0, 0.05) is 6.54 Å². The van der Waals surface area contributed by atoms with Crippen molar-refractivity contribution in [2.75, 3.05) is 0 Å². The molecule has 0 aromatic heterocycles. The third-order valence-electron chi connectivity index (χ3n) is 3.52. The first-order valence-electron chi connectivity index (χ1n) is 8.43. The van der Waals surface area contributed by atoms with E-state index in [0.717, 1.165) is 11.3 Å². The van der Waals surface area contributed by atoms with Crippen LogP contribution in [0.15, 0.2) is 48.5 Å². The average molecular weight is 345 g/mol. The van der Waals surface area contributed by atoms with Crippen LogP contribution >= 0.6 is 0 Å². The van der Waals surface area contributed by atoms with E-state index in [1.807, 2.05) is 45.0 Å². The van der Waals surface area contributed by atoms with Gasteiger partial charge in [-0.1, -0.05) is 19.1 Å².